The van der Waals surface area contributed by atoms with E-state index >= 15 is 0 Å². The molecular weight excluding hydrogens is 278 g/mol. The van der Waals surface area contributed by atoms with Crippen molar-refractivity contribution in [2.45, 2.75) is 37.9 Å². The summed E-state index contributed by atoms with van der Waals surface area (Å²) in [5.74, 6) is 0.221. The maximum absolute atomic E-state index is 12.8. The Morgan fingerprint density at radius 3 is 2.68 bits per heavy atom. The predicted molar refractivity (Wildman–Crippen MR) is 81.1 cm³/mol. The van der Waals surface area contributed by atoms with Crippen LogP contribution in [0.2, 0.25) is 0 Å². The number of nitrogens with one attached hydrogen (secondary N) is 1. The van der Waals surface area contributed by atoms with Gasteiger partial charge in [-0.3, -0.25) is 9.59 Å². The van der Waals surface area contributed by atoms with Crippen molar-refractivity contribution in [2.75, 3.05) is 6.54 Å². The number of carbonyl (C=O) groups excluding carboxylic acids is 2. The fraction of sp³-hybridized carbons (Fsp3) is 0.412. The average molecular weight is 295 g/mol. The number of piperazine rings is 1. The number of H-pyrrole nitrogens is 1. The number of carbonyl (C=O) groups is 2. The summed E-state index contributed by atoms with van der Waals surface area (Å²) in [5, 5.41) is 1.18. The molecule has 0 radical (unpaired) electrons. The maximum atomic E-state index is 12.8. The number of amides is 2. The first-order chi connectivity index (χ1) is 10.7. The first kappa shape index (κ1) is 12.3. The molecule has 112 valence electrons. The van der Waals surface area contributed by atoms with Crippen LogP contribution in [0.4, 0.5) is 0 Å². The third-order valence-electron chi connectivity index (χ3n) is 5.19. The molecule has 1 N–H and O–H groups in total. The van der Waals surface area contributed by atoms with Crippen LogP contribution in [0.15, 0.2) is 24.3 Å². The summed E-state index contributed by atoms with van der Waals surface area (Å²) in [7, 11) is 0. The summed E-state index contributed by atoms with van der Waals surface area (Å²) in [6.07, 6.45) is 2.72. The fourth-order valence-electron chi connectivity index (χ4n) is 3.89. The van der Waals surface area contributed by atoms with Crippen molar-refractivity contribution in [1.82, 2.24) is 14.8 Å². The largest absolute Gasteiger partial charge is 0.357 e. The monoisotopic (exact) mass is 295 g/mol. The Morgan fingerprint density at radius 2 is 1.86 bits per heavy atom. The van der Waals surface area contributed by atoms with Gasteiger partial charge in [0.2, 0.25) is 11.8 Å². The van der Waals surface area contributed by atoms with Crippen LogP contribution in [0.1, 0.15) is 24.1 Å². The van der Waals surface area contributed by atoms with Gasteiger partial charge in [-0.05, 0) is 24.5 Å². The predicted octanol–water partition coefficient (Wildman–Crippen LogP) is 1.43. The molecule has 1 saturated heterocycles. The van der Waals surface area contributed by atoms with Crippen molar-refractivity contribution in [3.63, 3.8) is 0 Å². The summed E-state index contributed by atoms with van der Waals surface area (Å²) >= 11 is 0. The van der Waals surface area contributed by atoms with E-state index in [9.17, 15) is 9.59 Å². The van der Waals surface area contributed by atoms with Crippen LogP contribution in [0.25, 0.3) is 10.9 Å². The van der Waals surface area contributed by atoms with Crippen LogP contribution in [0, 0.1) is 0 Å². The Morgan fingerprint density at radius 1 is 1.05 bits per heavy atom. The van der Waals surface area contributed by atoms with Crippen LogP contribution in [-0.2, 0) is 22.6 Å². The lowest BCUT2D eigenvalue weighted by molar-refractivity contribution is -0.157. The molecule has 3 aliphatic rings. The molecule has 5 nitrogen and oxygen atoms in total. The summed E-state index contributed by atoms with van der Waals surface area (Å²) in [4.78, 5) is 32.2. The minimum Gasteiger partial charge on any atom is -0.357 e. The number of aromatic nitrogens is 1. The van der Waals surface area contributed by atoms with Crippen LogP contribution in [0.5, 0.6) is 0 Å². The van der Waals surface area contributed by atoms with Gasteiger partial charge in [0.1, 0.15) is 12.6 Å². The Bertz CT molecular complexity index is 805. The van der Waals surface area contributed by atoms with Gasteiger partial charge in [-0.15, -0.1) is 0 Å². The topological polar surface area (TPSA) is 56.4 Å². The molecule has 0 bridgehead atoms. The second-order valence-corrected chi connectivity index (χ2v) is 6.57. The van der Waals surface area contributed by atoms with Gasteiger partial charge in [0.05, 0.1) is 6.54 Å². The molecule has 2 fully saturated rings. The van der Waals surface area contributed by atoms with Gasteiger partial charge < -0.3 is 14.8 Å². The summed E-state index contributed by atoms with van der Waals surface area (Å²) in [6.45, 7) is 0.785. The minimum atomic E-state index is -0.312. The van der Waals surface area contributed by atoms with Crippen molar-refractivity contribution in [2.24, 2.45) is 0 Å². The minimum absolute atomic E-state index is 0.0841. The number of rotatable bonds is 1. The summed E-state index contributed by atoms with van der Waals surface area (Å²) < 4.78 is 0. The quantitative estimate of drug-likeness (QED) is 0.865. The molecule has 3 heterocycles. The molecule has 1 aromatic carbocycles. The highest BCUT2D eigenvalue weighted by atomic mass is 16.2. The third-order valence-corrected chi connectivity index (χ3v) is 5.19. The van der Waals surface area contributed by atoms with Crippen molar-refractivity contribution < 1.29 is 9.59 Å². The molecule has 5 heteroatoms. The van der Waals surface area contributed by atoms with E-state index in [1.165, 1.54) is 10.9 Å². The van der Waals surface area contributed by atoms with Gasteiger partial charge in [-0.2, -0.15) is 0 Å². The lowest BCUT2D eigenvalue weighted by Gasteiger charge is -2.42. The highest BCUT2D eigenvalue weighted by Gasteiger charge is 2.46. The molecule has 1 aromatic heterocycles. The highest BCUT2D eigenvalue weighted by Crippen LogP contribution is 2.35. The molecule has 1 aliphatic carbocycles. The first-order valence-corrected chi connectivity index (χ1v) is 7.91. The van der Waals surface area contributed by atoms with Gasteiger partial charge in [0.15, 0.2) is 0 Å². The Labute approximate surface area is 127 Å². The normalized spacial score (nSPS) is 24.6. The molecule has 5 rings (SSSR count). The molecule has 0 spiro atoms. The molecule has 2 aromatic rings. The van der Waals surface area contributed by atoms with E-state index in [0.29, 0.717) is 19.0 Å². The molecule has 1 atom stereocenters. The Balaban J connectivity index is 1.58. The summed E-state index contributed by atoms with van der Waals surface area (Å²) in [5.41, 5.74) is 3.38. The molecule has 1 saturated carbocycles. The SMILES string of the molecule is O=C1C2Cc3c([nH]c4ccccc34)CN2C(=O)CN1C1CC1. The van der Waals surface area contributed by atoms with Gasteiger partial charge in [0, 0.05) is 29.1 Å². The number of aromatic amines is 1. The van der Waals surface area contributed by atoms with E-state index < -0.39 is 0 Å². The average Bonchev–Trinajstić information content (AvgIpc) is 3.30. The lowest BCUT2D eigenvalue weighted by Crippen LogP contribution is -2.62. The van der Waals surface area contributed by atoms with Crippen molar-refractivity contribution in [1.29, 1.82) is 0 Å². The summed E-state index contributed by atoms with van der Waals surface area (Å²) in [6, 6.07) is 8.16. The third kappa shape index (κ3) is 1.59. The molecule has 2 aliphatic heterocycles. The van der Waals surface area contributed by atoms with Crippen molar-refractivity contribution >= 4 is 22.7 Å². The Hall–Kier alpha value is -2.30. The van der Waals surface area contributed by atoms with Gasteiger partial charge in [-0.1, -0.05) is 18.2 Å². The van der Waals surface area contributed by atoms with Gasteiger partial charge in [0.25, 0.3) is 0 Å². The van der Waals surface area contributed by atoms with E-state index in [1.54, 1.807) is 4.90 Å². The van der Waals surface area contributed by atoms with E-state index in [2.05, 4.69) is 11.1 Å². The fourth-order valence-corrected chi connectivity index (χ4v) is 3.89. The number of hydrogen-bond donors (Lipinski definition) is 1. The smallest absolute Gasteiger partial charge is 0.246 e. The van der Waals surface area contributed by atoms with Crippen LogP contribution in [0.3, 0.4) is 0 Å². The zero-order valence-corrected chi connectivity index (χ0v) is 12.2. The molecule has 2 amide bonds. The van der Waals surface area contributed by atoms with Crippen molar-refractivity contribution in [3.8, 4) is 0 Å². The zero-order chi connectivity index (χ0) is 14.8. The highest BCUT2D eigenvalue weighted by molar-refractivity contribution is 5.97. The number of hydrogen-bond acceptors (Lipinski definition) is 2. The number of para-hydroxylation sites is 1. The maximum Gasteiger partial charge on any atom is 0.246 e. The van der Waals surface area contributed by atoms with E-state index in [-0.39, 0.29) is 24.4 Å². The van der Waals surface area contributed by atoms with E-state index in [0.717, 1.165) is 24.1 Å². The second-order valence-electron chi connectivity index (χ2n) is 6.57. The van der Waals surface area contributed by atoms with E-state index in [4.69, 9.17) is 0 Å². The van der Waals surface area contributed by atoms with Gasteiger partial charge in [-0.25, -0.2) is 0 Å². The van der Waals surface area contributed by atoms with Crippen LogP contribution in [-0.4, -0.2) is 45.2 Å². The van der Waals surface area contributed by atoms with Crippen LogP contribution < -0.4 is 0 Å². The Kier molecular flexibility index (Phi) is 2.30. The molecule has 1 unspecified atom stereocenters. The molecular formula is C17H17N3O2. The zero-order valence-electron chi connectivity index (χ0n) is 12.2. The van der Waals surface area contributed by atoms with Crippen molar-refractivity contribution in [3.05, 3.63) is 35.5 Å². The standard InChI is InChI=1S/C17H17N3O2/c21-16-9-19(10-5-6-10)17(22)15-7-12-11-3-1-2-4-13(11)18-14(12)8-20(15)16/h1-4,10,15,18H,5-9H2. The van der Waals surface area contributed by atoms with Crippen LogP contribution >= 0.6 is 0 Å². The number of benzene rings is 1. The first-order valence-electron chi connectivity index (χ1n) is 7.91. The van der Waals surface area contributed by atoms with E-state index in [1.807, 2.05) is 23.1 Å². The molecule has 22 heavy (non-hydrogen) atoms. The second kappa shape index (κ2) is 4.12. The lowest BCUT2D eigenvalue weighted by atomic mass is 9.94. The number of nitrogens with zero attached hydrogens (tertiary/aromatic N) is 2. The van der Waals surface area contributed by atoms with Gasteiger partial charge >= 0.3 is 0 Å². The number of fused-ring (bicyclic) bond motifs is 4.